The lowest BCUT2D eigenvalue weighted by molar-refractivity contribution is 0.475. The van der Waals surface area contributed by atoms with Crippen molar-refractivity contribution in [2.45, 2.75) is 39.5 Å². The molecule has 102 valence electrons. The van der Waals surface area contributed by atoms with Crippen LogP contribution in [0.5, 0.6) is 5.75 Å². The number of phenols is 1. The zero-order valence-electron chi connectivity index (χ0n) is 11.7. The maximum absolute atomic E-state index is 9.72. The summed E-state index contributed by atoms with van der Waals surface area (Å²) in [5.74, 6) is 0.0778. The summed E-state index contributed by atoms with van der Waals surface area (Å²) < 4.78 is 1.87. The summed E-state index contributed by atoms with van der Waals surface area (Å²) in [7, 11) is 0. The minimum atomic E-state index is 0.00361. The van der Waals surface area contributed by atoms with Gasteiger partial charge < -0.3 is 5.11 Å². The Kier molecular flexibility index (Phi) is 3.59. The van der Waals surface area contributed by atoms with Crippen LogP contribution in [0.25, 0.3) is 5.69 Å². The number of benzene rings is 1. The van der Waals surface area contributed by atoms with Gasteiger partial charge in [0.25, 0.3) is 0 Å². The fourth-order valence-electron chi connectivity index (χ4n) is 1.89. The van der Waals surface area contributed by atoms with Crippen molar-refractivity contribution in [3.63, 3.8) is 0 Å². The zero-order chi connectivity index (χ0) is 14.2. The molecule has 1 aromatic carbocycles. The van der Waals surface area contributed by atoms with Gasteiger partial charge in [-0.3, -0.25) is 0 Å². The first-order chi connectivity index (χ1) is 8.82. The number of aromatic hydroxyl groups is 1. The molecule has 3 nitrogen and oxygen atoms in total. The van der Waals surface area contributed by atoms with Gasteiger partial charge in [-0.05, 0) is 24.6 Å². The van der Waals surface area contributed by atoms with Crippen LogP contribution in [0.4, 0.5) is 0 Å². The lowest BCUT2D eigenvalue weighted by Crippen LogP contribution is -2.12. The van der Waals surface area contributed by atoms with Crippen LogP contribution in [0.3, 0.4) is 0 Å². The number of hydrogen-bond donors (Lipinski definition) is 1. The first kappa shape index (κ1) is 13.9. The Morgan fingerprint density at radius 3 is 2.47 bits per heavy atom. The lowest BCUT2D eigenvalue weighted by Gasteiger charge is -2.14. The lowest BCUT2D eigenvalue weighted by atomic mass is 9.92. The third-order valence-electron chi connectivity index (χ3n) is 3.09. The highest BCUT2D eigenvalue weighted by Gasteiger charge is 2.20. The van der Waals surface area contributed by atoms with Gasteiger partial charge in [0.15, 0.2) is 0 Å². The SMILES string of the molecule is CCc1cc(C(C)(C)C)nn1-c1ccc(Cl)c(O)c1. The average Bonchev–Trinajstić information content (AvgIpc) is 2.76. The summed E-state index contributed by atoms with van der Waals surface area (Å²) in [6, 6.07) is 7.30. The van der Waals surface area contributed by atoms with Crippen LogP contribution in [-0.4, -0.2) is 14.9 Å². The molecule has 0 bridgehead atoms. The molecule has 1 heterocycles. The third kappa shape index (κ3) is 2.76. The van der Waals surface area contributed by atoms with E-state index in [0.717, 1.165) is 23.5 Å². The van der Waals surface area contributed by atoms with Gasteiger partial charge in [-0.2, -0.15) is 5.10 Å². The molecule has 0 saturated heterocycles. The van der Waals surface area contributed by atoms with E-state index in [9.17, 15) is 5.11 Å². The van der Waals surface area contributed by atoms with E-state index in [-0.39, 0.29) is 11.2 Å². The largest absolute Gasteiger partial charge is 0.506 e. The Labute approximate surface area is 118 Å². The van der Waals surface area contributed by atoms with E-state index in [0.29, 0.717) is 5.02 Å². The quantitative estimate of drug-likeness (QED) is 0.898. The topological polar surface area (TPSA) is 38.0 Å². The van der Waals surface area contributed by atoms with E-state index in [2.05, 4.69) is 38.9 Å². The van der Waals surface area contributed by atoms with Crippen molar-refractivity contribution in [1.82, 2.24) is 9.78 Å². The van der Waals surface area contributed by atoms with Crippen LogP contribution in [0.1, 0.15) is 39.1 Å². The minimum absolute atomic E-state index is 0.00361. The second-order valence-corrected chi connectivity index (χ2v) is 6.08. The molecule has 2 aromatic rings. The molecule has 0 unspecified atom stereocenters. The number of phenolic OH excluding ortho intramolecular Hbond substituents is 1. The molecule has 19 heavy (non-hydrogen) atoms. The summed E-state index contributed by atoms with van der Waals surface area (Å²) in [6.45, 7) is 8.51. The molecular weight excluding hydrogens is 260 g/mol. The minimum Gasteiger partial charge on any atom is -0.506 e. The number of hydrogen-bond acceptors (Lipinski definition) is 2. The van der Waals surface area contributed by atoms with Gasteiger partial charge in [0, 0.05) is 17.2 Å². The Balaban J connectivity index is 2.54. The van der Waals surface area contributed by atoms with E-state index in [1.54, 1.807) is 12.1 Å². The molecule has 0 radical (unpaired) electrons. The number of aryl methyl sites for hydroxylation is 1. The Morgan fingerprint density at radius 1 is 1.26 bits per heavy atom. The van der Waals surface area contributed by atoms with Crippen molar-refractivity contribution in [3.05, 3.63) is 40.7 Å². The molecule has 0 spiro atoms. The first-order valence-electron chi connectivity index (χ1n) is 6.41. The molecule has 4 heteroatoms. The smallest absolute Gasteiger partial charge is 0.136 e. The van der Waals surface area contributed by atoms with Crippen molar-refractivity contribution in [2.75, 3.05) is 0 Å². The monoisotopic (exact) mass is 278 g/mol. The van der Waals surface area contributed by atoms with Gasteiger partial charge >= 0.3 is 0 Å². The number of nitrogens with zero attached hydrogens (tertiary/aromatic N) is 2. The highest BCUT2D eigenvalue weighted by molar-refractivity contribution is 6.32. The predicted octanol–water partition coefficient (Wildman–Crippen LogP) is 4.09. The first-order valence-corrected chi connectivity index (χ1v) is 6.79. The molecule has 0 aliphatic heterocycles. The van der Waals surface area contributed by atoms with Crippen LogP contribution in [0, 0.1) is 0 Å². The van der Waals surface area contributed by atoms with Crippen LogP contribution in [0.15, 0.2) is 24.3 Å². The van der Waals surface area contributed by atoms with Gasteiger partial charge in [-0.15, -0.1) is 0 Å². The van der Waals surface area contributed by atoms with Crippen molar-refractivity contribution >= 4 is 11.6 Å². The molecular formula is C15H19ClN2O. The molecule has 0 amide bonds. The number of halogens is 1. The summed E-state index contributed by atoms with van der Waals surface area (Å²) >= 11 is 5.84. The summed E-state index contributed by atoms with van der Waals surface area (Å²) in [4.78, 5) is 0. The average molecular weight is 279 g/mol. The summed E-state index contributed by atoms with van der Waals surface area (Å²) in [5, 5.41) is 14.7. The van der Waals surface area contributed by atoms with E-state index in [1.165, 1.54) is 0 Å². The molecule has 1 aromatic heterocycles. The normalized spacial score (nSPS) is 11.8. The number of rotatable bonds is 2. The molecule has 0 saturated carbocycles. The Morgan fingerprint density at radius 2 is 1.95 bits per heavy atom. The standard InChI is InChI=1S/C15H19ClN2O/c1-5-10-9-14(15(2,3)4)17-18(10)11-6-7-12(16)13(19)8-11/h6-9,19H,5H2,1-4H3. The van der Waals surface area contributed by atoms with Gasteiger partial charge in [-0.1, -0.05) is 39.3 Å². The molecule has 0 atom stereocenters. The van der Waals surface area contributed by atoms with Gasteiger partial charge in [-0.25, -0.2) is 4.68 Å². The molecule has 0 fully saturated rings. The Bertz CT molecular complexity index is 597. The highest BCUT2D eigenvalue weighted by atomic mass is 35.5. The second-order valence-electron chi connectivity index (χ2n) is 5.67. The zero-order valence-corrected chi connectivity index (χ0v) is 12.5. The fourth-order valence-corrected chi connectivity index (χ4v) is 2.01. The highest BCUT2D eigenvalue weighted by Crippen LogP contribution is 2.28. The van der Waals surface area contributed by atoms with E-state index >= 15 is 0 Å². The van der Waals surface area contributed by atoms with Crippen LogP contribution in [-0.2, 0) is 11.8 Å². The van der Waals surface area contributed by atoms with Gasteiger partial charge in [0.2, 0.25) is 0 Å². The summed E-state index contributed by atoms with van der Waals surface area (Å²) in [5.41, 5.74) is 2.99. The molecule has 2 rings (SSSR count). The molecule has 0 aliphatic rings. The maximum atomic E-state index is 9.72. The molecule has 1 N–H and O–H groups in total. The van der Waals surface area contributed by atoms with E-state index in [4.69, 9.17) is 11.6 Å². The maximum Gasteiger partial charge on any atom is 0.136 e. The van der Waals surface area contributed by atoms with Crippen molar-refractivity contribution < 1.29 is 5.11 Å². The van der Waals surface area contributed by atoms with Crippen molar-refractivity contribution in [3.8, 4) is 11.4 Å². The Hall–Kier alpha value is -1.48. The third-order valence-corrected chi connectivity index (χ3v) is 3.41. The van der Waals surface area contributed by atoms with E-state index in [1.807, 2.05) is 10.7 Å². The second kappa shape index (κ2) is 4.89. The van der Waals surface area contributed by atoms with Crippen LogP contribution in [0.2, 0.25) is 5.02 Å². The number of aromatic nitrogens is 2. The molecule has 0 aliphatic carbocycles. The predicted molar refractivity (Wildman–Crippen MR) is 78.3 cm³/mol. The van der Waals surface area contributed by atoms with Crippen LogP contribution >= 0.6 is 11.6 Å². The van der Waals surface area contributed by atoms with E-state index < -0.39 is 0 Å². The summed E-state index contributed by atoms with van der Waals surface area (Å²) in [6.07, 6.45) is 0.881. The van der Waals surface area contributed by atoms with Crippen LogP contribution < -0.4 is 0 Å². The fraction of sp³-hybridized carbons (Fsp3) is 0.400. The van der Waals surface area contributed by atoms with Gasteiger partial charge in [0.05, 0.1) is 16.4 Å². The van der Waals surface area contributed by atoms with Crippen molar-refractivity contribution in [1.29, 1.82) is 0 Å². The van der Waals surface area contributed by atoms with Gasteiger partial charge in [0.1, 0.15) is 5.75 Å². The van der Waals surface area contributed by atoms with Crippen molar-refractivity contribution in [2.24, 2.45) is 0 Å².